The standard InChI is InChI=1S/C9H16N2O2/c12-9(11-7-1-2-7)5-8-6-10-3-4-13-8/h7-8,10H,1-6H2,(H,11,12)/t8-/m1/s1. The van der Waals surface area contributed by atoms with Crippen LogP contribution in [0, 0.1) is 0 Å². The van der Waals surface area contributed by atoms with Gasteiger partial charge in [-0.2, -0.15) is 0 Å². The molecule has 0 unspecified atom stereocenters. The molecule has 0 radical (unpaired) electrons. The van der Waals surface area contributed by atoms with Crippen molar-refractivity contribution in [1.82, 2.24) is 10.6 Å². The molecule has 13 heavy (non-hydrogen) atoms. The van der Waals surface area contributed by atoms with E-state index in [9.17, 15) is 4.79 Å². The molecule has 74 valence electrons. The van der Waals surface area contributed by atoms with E-state index >= 15 is 0 Å². The minimum absolute atomic E-state index is 0.0764. The van der Waals surface area contributed by atoms with Crippen LogP contribution in [0.2, 0.25) is 0 Å². The summed E-state index contributed by atoms with van der Waals surface area (Å²) < 4.78 is 5.43. The predicted octanol–water partition coefficient (Wildman–Crippen LogP) is -0.356. The van der Waals surface area contributed by atoms with Crippen LogP contribution in [-0.4, -0.2) is 37.7 Å². The monoisotopic (exact) mass is 184 g/mol. The van der Waals surface area contributed by atoms with E-state index in [0.29, 0.717) is 12.5 Å². The largest absolute Gasteiger partial charge is 0.375 e. The molecular formula is C9H16N2O2. The Balaban J connectivity index is 1.66. The van der Waals surface area contributed by atoms with Gasteiger partial charge in [-0.3, -0.25) is 4.79 Å². The lowest BCUT2D eigenvalue weighted by molar-refractivity contribution is -0.124. The fourth-order valence-corrected chi connectivity index (χ4v) is 1.47. The minimum atomic E-state index is 0.0764. The van der Waals surface area contributed by atoms with Crippen LogP contribution in [0.4, 0.5) is 0 Å². The van der Waals surface area contributed by atoms with Crippen molar-refractivity contribution in [3.8, 4) is 0 Å². The van der Waals surface area contributed by atoms with Gasteiger partial charge in [0.2, 0.25) is 5.91 Å². The quantitative estimate of drug-likeness (QED) is 0.630. The first kappa shape index (κ1) is 8.97. The molecule has 1 aliphatic heterocycles. The second-order valence-corrected chi connectivity index (χ2v) is 3.74. The van der Waals surface area contributed by atoms with Gasteiger partial charge in [0.25, 0.3) is 0 Å². The molecule has 1 saturated heterocycles. The number of amides is 1. The van der Waals surface area contributed by atoms with E-state index in [2.05, 4.69) is 10.6 Å². The number of ether oxygens (including phenoxy) is 1. The van der Waals surface area contributed by atoms with Gasteiger partial charge in [-0.05, 0) is 12.8 Å². The van der Waals surface area contributed by atoms with E-state index in [-0.39, 0.29) is 12.0 Å². The van der Waals surface area contributed by atoms with E-state index in [4.69, 9.17) is 4.74 Å². The lowest BCUT2D eigenvalue weighted by atomic mass is 10.2. The van der Waals surface area contributed by atoms with Crippen LogP contribution >= 0.6 is 0 Å². The third-order valence-corrected chi connectivity index (χ3v) is 2.36. The van der Waals surface area contributed by atoms with Crippen molar-refractivity contribution in [1.29, 1.82) is 0 Å². The van der Waals surface area contributed by atoms with Gasteiger partial charge in [0.05, 0.1) is 19.1 Å². The summed E-state index contributed by atoms with van der Waals surface area (Å²) in [7, 11) is 0. The summed E-state index contributed by atoms with van der Waals surface area (Å²) in [5.41, 5.74) is 0. The van der Waals surface area contributed by atoms with E-state index in [0.717, 1.165) is 32.5 Å². The highest BCUT2D eigenvalue weighted by molar-refractivity contribution is 5.77. The molecule has 1 heterocycles. The summed E-state index contributed by atoms with van der Waals surface area (Å²) in [6.45, 7) is 2.43. The van der Waals surface area contributed by atoms with Crippen LogP contribution in [0.25, 0.3) is 0 Å². The Bertz CT molecular complexity index is 186. The zero-order valence-electron chi connectivity index (χ0n) is 7.71. The smallest absolute Gasteiger partial charge is 0.222 e. The maximum atomic E-state index is 11.3. The topological polar surface area (TPSA) is 50.4 Å². The highest BCUT2D eigenvalue weighted by Crippen LogP contribution is 2.18. The van der Waals surface area contributed by atoms with E-state index in [1.165, 1.54) is 0 Å². The Labute approximate surface area is 78.0 Å². The van der Waals surface area contributed by atoms with Gasteiger partial charge in [0.15, 0.2) is 0 Å². The number of carbonyl (C=O) groups excluding carboxylic acids is 1. The number of carbonyl (C=O) groups is 1. The van der Waals surface area contributed by atoms with Crippen molar-refractivity contribution in [2.45, 2.75) is 31.4 Å². The zero-order chi connectivity index (χ0) is 9.10. The van der Waals surface area contributed by atoms with E-state index in [1.54, 1.807) is 0 Å². The first-order valence-electron chi connectivity index (χ1n) is 4.96. The van der Waals surface area contributed by atoms with Crippen LogP contribution < -0.4 is 10.6 Å². The molecule has 4 heteroatoms. The number of hydrogen-bond donors (Lipinski definition) is 2. The average molecular weight is 184 g/mol. The number of rotatable bonds is 3. The highest BCUT2D eigenvalue weighted by atomic mass is 16.5. The Morgan fingerprint density at radius 1 is 1.54 bits per heavy atom. The molecule has 1 aliphatic carbocycles. The summed E-state index contributed by atoms with van der Waals surface area (Å²) in [6.07, 6.45) is 2.88. The number of hydrogen-bond acceptors (Lipinski definition) is 3. The molecule has 0 spiro atoms. The van der Waals surface area contributed by atoms with Crippen LogP contribution in [0.5, 0.6) is 0 Å². The predicted molar refractivity (Wildman–Crippen MR) is 48.4 cm³/mol. The summed E-state index contributed by atoms with van der Waals surface area (Å²) in [5, 5.41) is 6.16. The highest BCUT2D eigenvalue weighted by Gasteiger charge is 2.25. The molecule has 1 saturated carbocycles. The van der Waals surface area contributed by atoms with Gasteiger partial charge in [-0.15, -0.1) is 0 Å². The van der Waals surface area contributed by atoms with E-state index < -0.39 is 0 Å². The molecule has 2 aliphatic rings. The Morgan fingerprint density at radius 3 is 3.00 bits per heavy atom. The minimum Gasteiger partial charge on any atom is -0.375 e. The Kier molecular flexibility index (Phi) is 2.80. The average Bonchev–Trinajstić information content (AvgIpc) is 2.90. The molecule has 0 aromatic rings. The number of nitrogens with one attached hydrogen (secondary N) is 2. The normalized spacial score (nSPS) is 28.5. The van der Waals surface area contributed by atoms with Gasteiger partial charge in [0, 0.05) is 19.1 Å². The zero-order valence-corrected chi connectivity index (χ0v) is 7.71. The molecule has 1 amide bonds. The van der Waals surface area contributed by atoms with Crippen LogP contribution in [0.15, 0.2) is 0 Å². The fraction of sp³-hybridized carbons (Fsp3) is 0.889. The first-order valence-corrected chi connectivity index (χ1v) is 4.96. The lowest BCUT2D eigenvalue weighted by Crippen LogP contribution is -2.41. The summed E-state index contributed by atoms with van der Waals surface area (Å²) in [6, 6.07) is 0.462. The maximum Gasteiger partial charge on any atom is 0.222 e. The molecule has 2 fully saturated rings. The van der Waals surface area contributed by atoms with Gasteiger partial charge in [-0.1, -0.05) is 0 Å². The van der Waals surface area contributed by atoms with Crippen LogP contribution in [0.3, 0.4) is 0 Å². The molecule has 2 N–H and O–H groups in total. The second-order valence-electron chi connectivity index (χ2n) is 3.74. The van der Waals surface area contributed by atoms with Gasteiger partial charge < -0.3 is 15.4 Å². The molecule has 2 rings (SSSR count). The maximum absolute atomic E-state index is 11.3. The van der Waals surface area contributed by atoms with E-state index in [1.807, 2.05) is 0 Å². The van der Waals surface area contributed by atoms with Crippen molar-refractivity contribution in [2.75, 3.05) is 19.7 Å². The molecule has 1 atom stereocenters. The van der Waals surface area contributed by atoms with Crippen molar-refractivity contribution >= 4 is 5.91 Å². The van der Waals surface area contributed by atoms with Crippen molar-refractivity contribution < 1.29 is 9.53 Å². The SMILES string of the molecule is O=C(C[C@@H]1CNCCO1)NC1CC1. The third-order valence-electron chi connectivity index (χ3n) is 2.36. The van der Waals surface area contributed by atoms with Crippen LogP contribution in [0.1, 0.15) is 19.3 Å². The molecular weight excluding hydrogens is 168 g/mol. The lowest BCUT2D eigenvalue weighted by Gasteiger charge is -2.22. The molecule has 0 bridgehead atoms. The summed E-state index contributed by atoms with van der Waals surface area (Å²) in [4.78, 5) is 11.3. The van der Waals surface area contributed by atoms with Gasteiger partial charge in [-0.25, -0.2) is 0 Å². The summed E-state index contributed by atoms with van der Waals surface area (Å²) >= 11 is 0. The van der Waals surface area contributed by atoms with Crippen molar-refractivity contribution in [2.24, 2.45) is 0 Å². The molecule has 0 aromatic carbocycles. The third kappa shape index (κ3) is 2.97. The molecule has 4 nitrogen and oxygen atoms in total. The fourth-order valence-electron chi connectivity index (χ4n) is 1.47. The second kappa shape index (κ2) is 4.07. The first-order chi connectivity index (χ1) is 6.34. The van der Waals surface area contributed by atoms with Crippen molar-refractivity contribution in [3.05, 3.63) is 0 Å². The van der Waals surface area contributed by atoms with Gasteiger partial charge in [0.1, 0.15) is 0 Å². The number of morpholine rings is 1. The molecule has 0 aromatic heterocycles. The van der Waals surface area contributed by atoms with Crippen molar-refractivity contribution in [3.63, 3.8) is 0 Å². The Morgan fingerprint density at radius 2 is 2.38 bits per heavy atom. The van der Waals surface area contributed by atoms with Gasteiger partial charge >= 0.3 is 0 Å². The van der Waals surface area contributed by atoms with Crippen LogP contribution in [-0.2, 0) is 9.53 Å². The summed E-state index contributed by atoms with van der Waals surface area (Å²) in [5.74, 6) is 0.135. The Hall–Kier alpha value is -0.610.